The number of benzene rings is 2. The van der Waals surface area contributed by atoms with Gasteiger partial charge in [-0.2, -0.15) is 9.78 Å². The van der Waals surface area contributed by atoms with Gasteiger partial charge in [-0.15, -0.1) is 21.5 Å². The molecule has 2 aromatic carbocycles. The second-order valence-corrected chi connectivity index (χ2v) is 11.7. The lowest BCUT2D eigenvalue weighted by Gasteiger charge is -2.06. The average molecular weight is 583 g/mol. The Morgan fingerprint density at radius 3 is 2.59 bits per heavy atom. The normalized spacial score (nSPS) is 12.2. The molecule has 0 N–H and O–H groups in total. The number of halogens is 3. The molecule has 0 radical (unpaired) electrons. The van der Waals surface area contributed by atoms with Crippen LogP contribution in [0.25, 0.3) is 10.8 Å². The molecule has 0 spiro atoms. The van der Waals surface area contributed by atoms with Crippen molar-refractivity contribution >= 4 is 54.9 Å². The van der Waals surface area contributed by atoms with E-state index in [1.54, 1.807) is 30.3 Å². The van der Waals surface area contributed by atoms with Gasteiger partial charge in [-0.3, -0.25) is 0 Å². The number of thiazole rings is 1. The van der Waals surface area contributed by atoms with Crippen molar-refractivity contribution in [3.8, 4) is 10.8 Å². The molecule has 0 atom stereocenters. The Hall–Kier alpha value is -2.47. The lowest BCUT2D eigenvalue weighted by Crippen LogP contribution is -2.12. The monoisotopic (exact) mass is 581 g/mol. The molecule has 0 amide bonds. The highest BCUT2D eigenvalue weighted by Gasteiger charge is 2.28. The average Bonchev–Trinajstić information content (AvgIpc) is 3.43. The first kappa shape index (κ1) is 24.6. The van der Waals surface area contributed by atoms with Crippen LogP contribution < -0.4 is 0 Å². The molecule has 12 heteroatoms. The summed E-state index contributed by atoms with van der Waals surface area (Å²) >= 11 is 10.4. The van der Waals surface area contributed by atoms with Gasteiger partial charge in [-0.05, 0) is 35.7 Å². The molecule has 0 aliphatic heterocycles. The topological polar surface area (TPSA) is 90.1 Å². The van der Waals surface area contributed by atoms with Gasteiger partial charge in [-0.1, -0.05) is 59.6 Å². The fourth-order valence-electron chi connectivity index (χ4n) is 2.93. The van der Waals surface area contributed by atoms with Gasteiger partial charge < -0.3 is 0 Å². The van der Waals surface area contributed by atoms with Gasteiger partial charge in [0.2, 0.25) is 15.7 Å². The molecule has 4 rings (SSSR count). The van der Waals surface area contributed by atoms with E-state index >= 15 is 0 Å². The maximum absolute atomic E-state index is 14.4. The molecule has 0 aliphatic carbocycles. The minimum Gasteiger partial charge on any atom is -0.237 e. The Morgan fingerprint density at radius 1 is 1.21 bits per heavy atom. The van der Waals surface area contributed by atoms with E-state index in [0.717, 1.165) is 10.4 Å². The van der Waals surface area contributed by atoms with Crippen molar-refractivity contribution in [3.63, 3.8) is 0 Å². The summed E-state index contributed by atoms with van der Waals surface area (Å²) in [4.78, 5) is 4.55. The van der Waals surface area contributed by atoms with Crippen molar-refractivity contribution in [3.05, 3.63) is 80.0 Å². The van der Waals surface area contributed by atoms with Crippen LogP contribution in [0.3, 0.4) is 0 Å². The third kappa shape index (κ3) is 5.43. The van der Waals surface area contributed by atoms with Gasteiger partial charge in [0.15, 0.2) is 5.01 Å². The van der Waals surface area contributed by atoms with E-state index in [4.69, 9.17) is 11.6 Å². The molecule has 0 unspecified atom stereocenters. The second-order valence-electron chi connectivity index (χ2n) is 7.64. The standard InChI is InChI=1S/C22H18BrClFN5O2S2/c1-13(2)19-11-33-21(27-19)20-28-29-22(30(20)26-10-14-3-7-17(24)8-4-14)34(31,32)12-15-5-6-16(23)9-18(15)25/h3-11,13H,12H2,1-2H3/b26-10+. The molecule has 2 heterocycles. The summed E-state index contributed by atoms with van der Waals surface area (Å²) in [6.07, 6.45) is 1.47. The van der Waals surface area contributed by atoms with E-state index < -0.39 is 26.6 Å². The van der Waals surface area contributed by atoms with Gasteiger partial charge in [-0.25, -0.2) is 17.8 Å². The first-order valence-electron chi connectivity index (χ1n) is 10.0. The van der Waals surface area contributed by atoms with Crippen LogP contribution in [0.1, 0.15) is 36.6 Å². The maximum Gasteiger partial charge on any atom is 0.271 e. The van der Waals surface area contributed by atoms with E-state index in [-0.39, 0.29) is 17.3 Å². The lowest BCUT2D eigenvalue weighted by molar-refractivity contribution is 0.571. The summed E-state index contributed by atoms with van der Waals surface area (Å²) in [5.41, 5.74) is 1.54. The van der Waals surface area contributed by atoms with Crippen LogP contribution in [0, 0.1) is 5.82 Å². The number of hydrogen-bond donors (Lipinski definition) is 0. The van der Waals surface area contributed by atoms with Crippen LogP contribution in [0.15, 0.2) is 62.6 Å². The maximum atomic E-state index is 14.4. The molecule has 0 saturated carbocycles. The fourth-order valence-corrected chi connectivity index (χ4v) is 5.67. The van der Waals surface area contributed by atoms with Gasteiger partial charge in [0.05, 0.1) is 17.7 Å². The minimum atomic E-state index is -4.11. The largest absolute Gasteiger partial charge is 0.271 e. The summed E-state index contributed by atoms with van der Waals surface area (Å²) in [5, 5.41) is 14.8. The highest BCUT2D eigenvalue weighted by molar-refractivity contribution is 9.10. The van der Waals surface area contributed by atoms with Crippen molar-refractivity contribution in [1.82, 2.24) is 19.9 Å². The summed E-state index contributed by atoms with van der Waals surface area (Å²) in [7, 11) is -4.11. The van der Waals surface area contributed by atoms with Crippen LogP contribution in [-0.2, 0) is 15.6 Å². The summed E-state index contributed by atoms with van der Waals surface area (Å²) < 4.78 is 42.5. The van der Waals surface area contributed by atoms with Crippen LogP contribution in [0.2, 0.25) is 5.02 Å². The first-order valence-corrected chi connectivity index (χ1v) is 13.7. The van der Waals surface area contributed by atoms with Gasteiger partial charge in [0.25, 0.3) is 5.16 Å². The Kier molecular flexibility index (Phi) is 7.27. The third-order valence-electron chi connectivity index (χ3n) is 4.75. The Morgan fingerprint density at radius 2 is 1.94 bits per heavy atom. The number of sulfone groups is 1. The predicted molar refractivity (Wildman–Crippen MR) is 135 cm³/mol. The molecule has 4 aromatic rings. The molecule has 0 fully saturated rings. The number of hydrogen-bond acceptors (Lipinski definition) is 7. The van der Waals surface area contributed by atoms with Crippen molar-refractivity contribution in [2.24, 2.45) is 5.10 Å². The zero-order valence-corrected chi connectivity index (χ0v) is 22.0. The summed E-state index contributed by atoms with van der Waals surface area (Å²) in [6, 6.07) is 11.1. The lowest BCUT2D eigenvalue weighted by atomic mass is 10.2. The number of nitrogens with zero attached hydrogens (tertiary/aromatic N) is 5. The SMILES string of the molecule is CC(C)c1csc(-c2nnc(S(=O)(=O)Cc3ccc(Br)cc3F)n2/N=C/c2ccc(Cl)cc2)n1. The van der Waals surface area contributed by atoms with Crippen LogP contribution in [0.4, 0.5) is 4.39 Å². The fraction of sp³-hybridized carbons (Fsp3) is 0.182. The Bertz CT molecular complexity index is 1470. The van der Waals surface area contributed by atoms with Crippen LogP contribution in [0.5, 0.6) is 0 Å². The van der Waals surface area contributed by atoms with Crippen molar-refractivity contribution in [2.45, 2.75) is 30.7 Å². The minimum absolute atomic E-state index is 0.0114. The zero-order chi connectivity index (χ0) is 24.5. The molecule has 34 heavy (non-hydrogen) atoms. The molecular weight excluding hydrogens is 565 g/mol. The molecular formula is C22H18BrClFN5O2S2. The number of aromatic nitrogens is 4. The second kappa shape index (κ2) is 10.0. The highest BCUT2D eigenvalue weighted by atomic mass is 79.9. The van der Waals surface area contributed by atoms with Gasteiger partial charge in [0.1, 0.15) is 5.82 Å². The van der Waals surface area contributed by atoms with Crippen molar-refractivity contribution in [1.29, 1.82) is 0 Å². The predicted octanol–water partition coefficient (Wildman–Crippen LogP) is 5.94. The van der Waals surface area contributed by atoms with E-state index in [2.05, 4.69) is 36.2 Å². The zero-order valence-electron chi connectivity index (χ0n) is 18.0. The smallest absolute Gasteiger partial charge is 0.237 e. The van der Waals surface area contributed by atoms with E-state index in [9.17, 15) is 12.8 Å². The molecule has 176 valence electrons. The quantitative estimate of drug-likeness (QED) is 0.252. The first-order chi connectivity index (χ1) is 16.1. The summed E-state index contributed by atoms with van der Waals surface area (Å²) in [6.45, 7) is 4.01. The molecule has 2 aromatic heterocycles. The Labute approximate surface area is 213 Å². The van der Waals surface area contributed by atoms with E-state index in [1.807, 2.05) is 19.2 Å². The van der Waals surface area contributed by atoms with E-state index in [1.165, 1.54) is 29.7 Å². The van der Waals surface area contributed by atoms with Gasteiger partial charge in [0, 0.05) is 20.4 Å². The third-order valence-corrected chi connectivity index (χ3v) is 7.85. The van der Waals surface area contributed by atoms with E-state index in [0.29, 0.717) is 20.1 Å². The number of rotatable bonds is 7. The van der Waals surface area contributed by atoms with Crippen LogP contribution >= 0.6 is 38.9 Å². The molecule has 0 aliphatic rings. The summed E-state index contributed by atoms with van der Waals surface area (Å²) in [5.74, 6) is -0.884. The van der Waals surface area contributed by atoms with Crippen LogP contribution in [-0.4, -0.2) is 34.5 Å². The molecule has 0 bridgehead atoms. The highest BCUT2D eigenvalue weighted by Crippen LogP contribution is 2.28. The Balaban J connectivity index is 1.79. The van der Waals surface area contributed by atoms with Crippen molar-refractivity contribution < 1.29 is 12.8 Å². The van der Waals surface area contributed by atoms with Gasteiger partial charge >= 0.3 is 0 Å². The van der Waals surface area contributed by atoms with Crippen molar-refractivity contribution in [2.75, 3.05) is 0 Å². The molecule has 0 saturated heterocycles. The molecule has 7 nitrogen and oxygen atoms in total.